The SMILES string of the molecule is CCC(c1ccc(F)cc1)c1c(C)c(=O)[nH]c(=O)n1COCc1ccccc1. The Morgan fingerprint density at radius 2 is 1.75 bits per heavy atom. The first-order chi connectivity index (χ1) is 13.5. The Morgan fingerprint density at radius 1 is 1.07 bits per heavy atom. The molecule has 28 heavy (non-hydrogen) atoms. The summed E-state index contributed by atoms with van der Waals surface area (Å²) in [5, 5.41) is 0. The number of H-pyrrole nitrogens is 1. The smallest absolute Gasteiger partial charge is 0.330 e. The highest BCUT2D eigenvalue weighted by molar-refractivity contribution is 5.32. The fourth-order valence-electron chi connectivity index (χ4n) is 3.38. The standard InChI is InChI=1S/C22H23FN2O3/c1-3-19(17-9-11-18(23)12-10-17)20-15(2)21(26)24-22(27)25(20)14-28-13-16-7-5-4-6-8-16/h4-12,19H,3,13-14H2,1-2H3,(H,24,26,27). The van der Waals surface area contributed by atoms with Gasteiger partial charge >= 0.3 is 5.69 Å². The van der Waals surface area contributed by atoms with Crippen molar-refractivity contribution in [3.63, 3.8) is 0 Å². The lowest BCUT2D eigenvalue weighted by atomic mass is 9.90. The van der Waals surface area contributed by atoms with Gasteiger partial charge in [-0.1, -0.05) is 49.4 Å². The maximum absolute atomic E-state index is 13.3. The van der Waals surface area contributed by atoms with Crippen molar-refractivity contribution in [1.82, 2.24) is 9.55 Å². The predicted molar refractivity (Wildman–Crippen MR) is 106 cm³/mol. The lowest BCUT2D eigenvalue weighted by Crippen LogP contribution is -2.36. The van der Waals surface area contributed by atoms with Crippen LogP contribution in [0.2, 0.25) is 0 Å². The minimum Gasteiger partial charge on any atom is -0.356 e. The Labute approximate surface area is 162 Å². The molecule has 0 aliphatic heterocycles. The van der Waals surface area contributed by atoms with Crippen molar-refractivity contribution in [2.45, 2.75) is 39.5 Å². The van der Waals surface area contributed by atoms with Gasteiger partial charge < -0.3 is 4.74 Å². The van der Waals surface area contributed by atoms with Gasteiger partial charge in [0, 0.05) is 17.2 Å². The van der Waals surface area contributed by atoms with Crippen molar-refractivity contribution in [2.75, 3.05) is 0 Å². The van der Waals surface area contributed by atoms with Crippen LogP contribution < -0.4 is 11.2 Å². The van der Waals surface area contributed by atoms with E-state index in [1.54, 1.807) is 19.1 Å². The van der Waals surface area contributed by atoms with E-state index in [9.17, 15) is 14.0 Å². The van der Waals surface area contributed by atoms with E-state index in [4.69, 9.17) is 4.74 Å². The van der Waals surface area contributed by atoms with Gasteiger partial charge in [-0.05, 0) is 36.6 Å². The van der Waals surface area contributed by atoms with Crippen molar-refractivity contribution < 1.29 is 9.13 Å². The van der Waals surface area contributed by atoms with Crippen LogP contribution in [-0.4, -0.2) is 9.55 Å². The normalized spacial score (nSPS) is 12.1. The lowest BCUT2D eigenvalue weighted by Gasteiger charge is -2.22. The quantitative estimate of drug-likeness (QED) is 0.678. The summed E-state index contributed by atoms with van der Waals surface area (Å²) in [6, 6.07) is 15.8. The highest BCUT2D eigenvalue weighted by Crippen LogP contribution is 2.28. The number of benzene rings is 2. The number of nitrogens with one attached hydrogen (secondary N) is 1. The van der Waals surface area contributed by atoms with Crippen molar-refractivity contribution in [3.05, 3.63) is 104 Å². The van der Waals surface area contributed by atoms with Crippen molar-refractivity contribution >= 4 is 0 Å². The van der Waals surface area contributed by atoms with Crippen LogP contribution in [0.5, 0.6) is 0 Å². The van der Waals surface area contributed by atoms with Crippen LogP contribution in [-0.2, 0) is 18.1 Å². The topological polar surface area (TPSA) is 64.1 Å². The van der Waals surface area contributed by atoms with Gasteiger partial charge in [0.15, 0.2) is 0 Å². The number of nitrogens with zero attached hydrogens (tertiary/aromatic N) is 1. The lowest BCUT2D eigenvalue weighted by molar-refractivity contribution is 0.0583. The van der Waals surface area contributed by atoms with Crippen LogP contribution in [0.15, 0.2) is 64.2 Å². The van der Waals surface area contributed by atoms with E-state index in [-0.39, 0.29) is 18.5 Å². The van der Waals surface area contributed by atoms with Crippen LogP contribution in [0, 0.1) is 12.7 Å². The molecule has 0 bridgehead atoms. The van der Waals surface area contributed by atoms with Gasteiger partial charge in [-0.15, -0.1) is 0 Å². The number of ether oxygens (including phenoxy) is 1. The fraction of sp³-hybridized carbons (Fsp3) is 0.273. The number of aromatic amines is 1. The maximum atomic E-state index is 13.3. The first kappa shape index (κ1) is 19.8. The van der Waals surface area contributed by atoms with E-state index in [1.165, 1.54) is 16.7 Å². The summed E-state index contributed by atoms with van der Waals surface area (Å²) in [6.45, 7) is 4.01. The van der Waals surface area contributed by atoms with Crippen LogP contribution in [0.1, 0.15) is 41.6 Å². The monoisotopic (exact) mass is 382 g/mol. The molecule has 146 valence electrons. The summed E-state index contributed by atoms with van der Waals surface area (Å²) in [5.41, 5.74) is 1.95. The third kappa shape index (κ3) is 4.28. The van der Waals surface area contributed by atoms with Gasteiger partial charge in [0.25, 0.3) is 5.56 Å². The molecule has 0 radical (unpaired) electrons. The molecular formula is C22H23FN2O3. The second-order valence-electron chi connectivity index (χ2n) is 6.67. The van der Waals surface area contributed by atoms with Gasteiger partial charge in [-0.3, -0.25) is 14.3 Å². The molecule has 0 fully saturated rings. The van der Waals surface area contributed by atoms with Crippen LogP contribution in [0.25, 0.3) is 0 Å². The van der Waals surface area contributed by atoms with Gasteiger partial charge in [0.1, 0.15) is 12.5 Å². The Balaban J connectivity index is 1.97. The van der Waals surface area contributed by atoms with Crippen molar-refractivity contribution in [3.8, 4) is 0 Å². The van der Waals surface area contributed by atoms with Gasteiger partial charge in [-0.2, -0.15) is 0 Å². The van der Waals surface area contributed by atoms with Crippen molar-refractivity contribution in [2.24, 2.45) is 0 Å². The third-order valence-corrected chi connectivity index (χ3v) is 4.82. The van der Waals surface area contributed by atoms with E-state index >= 15 is 0 Å². The summed E-state index contributed by atoms with van der Waals surface area (Å²) in [5.74, 6) is -0.555. The molecule has 1 N–H and O–H groups in total. The number of rotatable bonds is 7. The fourth-order valence-corrected chi connectivity index (χ4v) is 3.38. The summed E-state index contributed by atoms with van der Waals surface area (Å²) in [6.07, 6.45) is 0.647. The number of hydrogen-bond donors (Lipinski definition) is 1. The van der Waals surface area contributed by atoms with E-state index in [0.29, 0.717) is 24.3 Å². The summed E-state index contributed by atoms with van der Waals surface area (Å²) in [7, 11) is 0. The average molecular weight is 382 g/mol. The van der Waals surface area contributed by atoms with Crippen LogP contribution in [0.4, 0.5) is 4.39 Å². The molecular weight excluding hydrogens is 359 g/mol. The third-order valence-electron chi connectivity index (χ3n) is 4.82. The Morgan fingerprint density at radius 3 is 2.39 bits per heavy atom. The molecule has 1 atom stereocenters. The van der Waals surface area contributed by atoms with Crippen molar-refractivity contribution in [1.29, 1.82) is 0 Å². The molecule has 3 rings (SSSR count). The van der Waals surface area contributed by atoms with E-state index < -0.39 is 11.2 Å². The molecule has 0 aliphatic carbocycles. The molecule has 1 aromatic heterocycles. The predicted octanol–water partition coefficient (Wildman–Crippen LogP) is 3.70. The number of hydrogen-bond acceptors (Lipinski definition) is 3. The maximum Gasteiger partial charge on any atom is 0.330 e. The molecule has 0 saturated heterocycles. The van der Waals surface area contributed by atoms with Crippen LogP contribution >= 0.6 is 0 Å². The van der Waals surface area contributed by atoms with Gasteiger partial charge in [-0.25, -0.2) is 9.18 Å². The summed E-state index contributed by atoms with van der Waals surface area (Å²) >= 11 is 0. The molecule has 0 saturated carbocycles. The largest absolute Gasteiger partial charge is 0.356 e. The molecule has 6 heteroatoms. The Bertz CT molecular complexity index is 1040. The molecule has 0 aliphatic rings. The second kappa shape index (κ2) is 8.80. The molecule has 3 aromatic rings. The number of halogens is 1. The zero-order valence-electron chi connectivity index (χ0n) is 15.9. The first-order valence-corrected chi connectivity index (χ1v) is 9.22. The van der Waals surface area contributed by atoms with Gasteiger partial charge in [0.05, 0.1) is 6.61 Å². The molecule has 2 aromatic carbocycles. The summed E-state index contributed by atoms with van der Waals surface area (Å²) < 4.78 is 20.5. The Hall–Kier alpha value is -2.99. The highest BCUT2D eigenvalue weighted by atomic mass is 19.1. The minimum atomic E-state index is -0.515. The zero-order chi connectivity index (χ0) is 20.1. The van der Waals surface area contributed by atoms with E-state index in [0.717, 1.165) is 11.1 Å². The highest BCUT2D eigenvalue weighted by Gasteiger charge is 2.21. The van der Waals surface area contributed by atoms with E-state index in [1.807, 2.05) is 37.3 Å². The Kier molecular flexibility index (Phi) is 6.21. The molecule has 1 heterocycles. The molecule has 0 amide bonds. The first-order valence-electron chi connectivity index (χ1n) is 9.22. The molecule has 5 nitrogen and oxygen atoms in total. The zero-order valence-corrected chi connectivity index (χ0v) is 15.9. The van der Waals surface area contributed by atoms with Gasteiger partial charge in [0.2, 0.25) is 0 Å². The second-order valence-corrected chi connectivity index (χ2v) is 6.67. The number of aromatic nitrogens is 2. The van der Waals surface area contributed by atoms with E-state index in [2.05, 4.69) is 4.98 Å². The average Bonchev–Trinajstić information content (AvgIpc) is 2.70. The van der Waals surface area contributed by atoms with Crippen LogP contribution in [0.3, 0.4) is 0 Å². The molecule has 1 unspecified atom stereocenters. The molecule has 0 spiro atoms. The minimum absolute atomic E-state index is 0.0123. The summed E-state index contributed by atoms with van der Waals surface area (Å²) in [4.78, 5) is 27.1.